The second-order valence-corrected chi connectivity index (χ2v) is 5.49. The molecule has 1 saturated heterocycles. The summed E-state index contributed by atoms with van der Waals surface area (Å²) < 4.78 is 11.0. The van der Waals surface area contributed by atoms with E-state index in [9.17, 15) is 4.79 Å². The molecule has 1 amide bonds. The number of hydrogen-bond donors (Lipinski definition) is 0. The number of fused-ring (bicyclic) bond motifs is 1. The summed E-state index contributed by atoms with van der Waals surface area (Å²) in [5.74, 6) is 0.895. The van der Waals surface area contributed by atoms with Gasteiger partial charge >= 0.3 is 0 Å². The van der Waals surface area contributed by atoms with E-state index in [2.05, 4.69) is 0 Å². The van der Waals surface area contributed by atoms with Gasteiger partial charge in [-0.05, 0) is 37.1 Å². The van der Waals surface area contributed by atoms with E-state index in [-0.39, 0.29) is 18.1 Å². The van der Waals surface area contributed by atoms with Crippen LogP contribution in [0.4, 0.5) is 0 Å². The third kappa shape index (κ3) is 2.52. The smallest absolute Gasteiger partial charge is 0.254 e. The Bertz CT molecular complexity index is 469. The Labute approximate surface area is 119 Å². The molecule has 0 bridgehead atoms. The fraction of sp³-hybridized carbons (Fsp3) is 0.562. The van der Waals surface area contributed by atoms with Crippen LogP contribution >= 0.6 is 0 Å². The standard InChI is InChI=1S/C16H21NO3/c1-19-13-8-6-12(7-9-13)16(18)17-10-11-20-15-5-3-2-4-14(15)17/h6-9,14-15H,2-5,10-11H2,1H3/t14-,15-/m1/s1. The molecule has 0 N–H and O–H groups in total. The maximum absolute atomic E-state index is 12.7. The van der Waals surface area contributed by atoms with Crippen LogP contribution in [-0.4, -0.2) is 43.2 Å². The lowest BCUT2D eigenvalue weighted by Crippen LogP contribution is -2.54. The van der Waals surface area contributed by atoms with Crippen LogP contribution in [-0.2, 0) is 4.74 Å². The molecular weight excluding hydrogens is 254 g/mol. The number of carbonyl (C=O) groups is 1. The summed E-state index contributed by atoms with van der Waals surface area (Å²) >= 11 is 0. The topological polar surface area (TPSA) is 38.8 Å². The van der Waals surface area contributed by atoms with Crippen molar-refractivity contribution in [2.45, 2.75) is 37.8 Å². The largest absolute Gasteiger partial charge is 0.497 e. The van der Waals surface area contributed by atoms with Crippen molar-refractivity contribution in [3.63, 3.8) is 0 Å². The SMILES string of the molecule is COc1ccc(C(=O)N2CCO[C@@H]3CCCC[C@H]32)cc1. The molecule has 4 nitrogen and oxygen atoms in total. The van der Waals surface area contributed by atoms with Crippen molar-refractivity contribution in [2.24, 2.45) is 0 Å². The molecule has 1 aromatic carbocycles. The third-order valence-electron chi connectivity index (χ3n) is 4.33. The second-order valence-electron chi connectivity index (χ2n) is 5.49. The molecule has 0 radical (unpaired) electrons. The van der Waals surface area contributed by atoms with Gasteiger partial charge in [0.15, 0.2) is 0 Å². The van der Waals surface area contributed by atoms with Gasteiger partial charge in [-0.15, -0.1) is 0 Å². The molecule has 108 valence electrons. The molecule has 1 aromatic rings. The molecule has 1 saturated carbocycles. The van der Waals surface area contributed by atoms with Crippen molar-refractivity contribution in [1.29, 1.82) is 0 Å². The molecule has 20 heavy (non-hydrogen) atoms. The number of nitrogens with zero attached hydrogens (tertiary/aromatic N) is 1. The lowest BCUT2D eigenvalue weighted by molar-refractivity contribution is -0.0752. The van der Waals surface area contributed by atoms with Gasteiger partial charge in [0.25, 0.3) is 5.91 Å². The quantitative estimate of drug-likeness (QED) is 0.832. The molecule has 2 atom stereocenters. The average Bonchev–Trinajstić information content (AvgIpc) is 2.54. The summed E-state index contributed by atoms with van der Waals surface area (Å²) in [7, 11) is 1.63. The summed E-state index contributed by atoms with van der Waals surface area (Å²) in [6.45, 7) is 1.36. The Morgan fingerprint density at radius 2 is 2.00 bits per heavy atom. The molecule has 1 aliphatic carbocycles. The lowest BCUT2D eigenvalue weighted by atomic mass is 9.89. The molecule has 0 aromatic heterocycles. The highest BCUT2D eigenvalue weighted by molar-refractivity contribution is 5.94. The number of ether oxygens (including phenoxy) is 2. The van der Waals surface area contributed by atoms with E-state index in [0.717, 1.165) is 24.2 Å². The van der Waals surface area contributed by atoms with Gasteiger partial charge in [0.2, 0.25) is 0 Å². The lowest BCUT2D eigenvalue weighted by Gasteiger charge is -2.43. The van der Waals surface area contributed by atoms with E-state index < -0.39 is 0 Å². The van der Waals surface area contributed by atoms with E-state index in [1.165, 1.54) is 12.8 Å². The van der Waals surface area contributed by atoms with Crippen LogP contribution in [0.1, 0.15) is 36.0 Å². The van der Waals surface area contributed by atoms with Crippen LogP contribution in [0.15, 0.2) is 24.3 Å². The van der Waals surface area contributed by atoms with Crippen LogP contribution in [0, 0.1) is 0 Å². The van der Waals surface area contributed by atoms with E-state index in [0.29, 0.717) is 13.2 Å². The van der Waals surface area contributed by atoms with Gasteiger partial charge in [0.1, 0.15) is 5.75 Å². The van der Waals surface area contributed by atoms with E-state index in [1.54, 1.807) is 7.11 Å². The van der Waals surface area contributed by atoms with Crippen LogP contribution in [0.25, 0.3) is 0 Å². The number of amides is 1. The summed E-state index contributed by atoms with van der Waals surface area (Å²) in [6, 6.07) is 7.62. The average molecular weight is 275 g/mol. The highest BCUT2D eigenvalue weighted by Gasteiger charge is 2.36. The number of benzene rings is 1. The molecule has 2 fully saturated rings. The Hall–Kier alpha value is -1.55. The maximum Gasteiger partial charge on any atom is 0.254 e. The first-order chi connectivity index (χ1) is 9.79. The molecule has 1 aliphatic heterocycles. The van der Waals surface area contributed by atoms with E-state index in [1.807, 2.05) is 29.2 Å². The minimum absolute atomic E-state index is 0.118. The minimum Gasteiger partial charge on any atom is -0.497 e. The van der Waals surface area contributed by atoms with Gasteiger partial charge in [-0.25, -0.2) is 0 Å². The normalized spacial score (nSPS) is 25.9. The molecule has 4 heteroatoms. The van der Waals surface area contributed by atoms with Gasteiger partial charge in [0.05, 0.1) is 25.9 Å². The highest BCUT2D eigenvalue weighted by Crippen LogP contribution is 2.29. The van der Waals surface area contributed by atoms with Gasteiger partial charge < -0.3 is 14.4 Å². The summed E-state index contributed by atoms with van der Waals surface area (Å²) in [6.07, 6.45) is 4.78. The molecule has 0 unspecified atom stereocenters. The van der Waals surface area contributed by atoms with Crippen LogP contribution in [0.5, 0.6) is 5.75 Å². The van der Waals surface area contributed by atoms with Crippen molar-refractivity contribution < 1.29 is 14.3 Å². The summed E-state index contributed by atoms with van der Waals surface area (Å²) in [4.78, 5) is 14.7. The van der Waals surface area contributed by atoms with Gasteiger partial charge in [-0.2, -0.15) is 0 Å². The predicted octanol–water partition coefficient (Wildman–Crippen LogP) is 2.48. The summed E-state index contributed by atoms with van der Waals surface area (Å²) in [5.41, 5.74) is 0.733. The molecule has 1 heterocycles. The van der Waals surface area contributed by atoms with E-state index in [4.69, 9.17) is 9.47 Å². The number of hydrogen-bond acceptors (Lipinski definition) is 3. The molecule has 2 aliphatic rings. The van der Waals surface area contributed by atoms with Gasteiger partial charge in [0, 0.05) is 12.1 Å². The zero-order valence-electron chi connectivity index (χ0n) is 11.9. The first-order valence-corrected chi connectivity index (χ1v) is 7.36. The Balaban J connectivity index is 1.77. The monoisotopic (exact) mass is 275 g/mol. The zero-order valence-corrected chi connectivity index (χ0v) is 11.9. The number of carbonyl (C=O) groups excluding carboxylic acids is 1. The van der Waals surface area contributed by atoms with Crippen molar-refractivity contribution in [2.75, 3.05) is 20.3 Å². The Morgan fingerprint density at radius 3 is 2.75 bits per heavy atom. The second kappa shape index (κ2) is 5.83. The maximum atomic E-state index is 12.7. The molecule has 0 spiro atoms. The van der Waals surface area contributed by atoms with E-state index >= 15 is 0 Å². The van der Waals surface area contributed by atoms with Crippen LogP contribution in [0.2, 0.25) is 0 Å². The van der Waals surface area contributed by atoms with Crippen LogP contribution in [0.3, 0.4) is 0 Å². The van der Waals surface area contributed by atoms with Crippen molar-refractivity contribution in [1.82, 2.24) is 4.90 Å². The number of rotatable bonds is 2. The first-order valence-electron chi connectivity index (χ1n) is 7.36. The van der Waals surface area contributed by atoms with Crippen molar-refractivity contribution in [3.05, 3.63) is 29.8 Å². The first kappa shape index (κ1) is 13.4. The molecular formula is C16H21NO3. The van der Waals surface area contributed by atoms with Crippen molar-refractivity contribution in [3.8, 4) is 5.75 Å². The number of methoxy groups -OCH3 is 1. The van der Waals surface area contributed by atoms with Gasteiger partial charge in [-0.1, -0.05) is 12.8 Å². The number of morpholine rings is 1. The minimum atomic E-state index is 0.118. The predicted molar refractivity (Wildman–Crippen MR) is 76.0 cm³/mol. The fourth-order valence-electron chi connectivity index (χ4n) is 3.25. The van der Waals surface area contributed by atoms with Crippen LogP contribution < -0.4 is 4.74 Å². The third-order valence-corrected chi connectivity index (χ3v) is 4.33. The Kier molecular flexibility index (Phi) is 3.92. The van der Waals surface area contributed by atoms with Gasteiger partial charge in [-0.3, -0.25) is 4.79 Å². The molecule has 3 rings (SSSR count). The highest BCUT2D eigenvalue weighted by atomic mass is 16.5. The summed E-state index contributed by atoms with van der Waals surface area (Å²) in [5, 5.41) is 0. The fourth-order valence-corrected chi connectivity index (χ4v) is 3.25. The Morgan fingerprint density at radius 1 is 1.25 bits per heavy atom. The van der Waals surface area contributed by atoms with Crippen molar-refractivity contribution >= 4 is 5.91 Å². The zero-order chi connectivity index (χ0) is 13.9.